The topological polar surface area (TPSA) is 36.0 Å². The number of nitrogens with zero attached hydrogens (tertiary/aromatic N) is 3. The van der Waals surface area contributed by atoms with Crippen LogP contribution in [-0.4, -0.2) is 80.1 Å². The summed E-state index contributed by atoms with van der Waals surface area (Å²) >= 11 is 0. The lowest BCUT2D eigenvalue weighted by Gasteiger charge is -2.39. The molecule has 1 aromatic carbocycles. The average Bonchev–Trinajstić information content (AvgIpc) is 3.21. The second-order valence-electron chi connectivity index (χ2n) is 9.94. The van der Waals surface area contributed by atoms with E-state index < -0.39 is 11.7 Å². The summed E-state index contributed by atoms with van der Waals surface area (Å²) in [6.07, 6.45) is -2.70. The van der Waals surface area contributed by atoms with Crippen molar-refractivity contribution >= 4 is 5.91 Å². The first kappa shape index (κ1) is 24.8. The minimum absolute atomic E-state index is 0.0956. The number of rotatable bonds is 7. The van der Waals surface area contributed by atoms with Crippen LogP contribution in [-0.2, 0) is 11.0 Å². The Balaban J connectivity index is 1.64. The van der Waals surface area contributed by atoms with E-state index in [1.54, 1.807) is 6.07 Å². The van der Waals surface area contributed by atoms with Gasteiger partial charge >= 0.3 is 6.18 Å². The molecular weight excluding hydrogens is 419 g/mol. The monoisotopic (exact) mass is 455 g/mol. The van der Waals surface area contributed by atoms with Gasteiger partial charge in [0.1, 0.15) is 5.75 Å². The zero-order valence-electron chi connectivity index (χ0n) is 19.6. The molecule has 2 saturated heterocycles. The van der Waals surface area contributed by atoms with Gasteiger partial charge < -0.3 is 19.4 Å². The van der Waals surface area contributed by atoms with Crippen molar-refractivity contribution in [2.24, 2.45) is 17.8 Å². The van der Waals surface area contributed by atoms with Gasteiger partial charge in [-0.05, 0) is 51.1 Å². The second kappa shape index (κ2) is 10.4. The Morgan fingerprint density at radius 3 is 2.59 bits per heavy atom. The molecule has 0 saturated carbocycles. The van der Waals surface area contributed by atoms with Crippen LogP contribution < -0.4 is 4.74 Å². The third kappa shape index (κ3) is 6.61. The van der Waals surface area contributed by atoms with Gasteiger partial charge in [0.2, 0.25) is 5.91 Å². The molecular formula is C24H36F3N3O2. The molecule has 2 aliphatic heterocycles. The highest BCUT2D eigenvalue weighted by atomic mass is 19.4. The number of hydrogen-bond acceptors (Lipinski definition) is 4. The number of piperidine rings is 1. The lowest BCUT2D eigenvalue weighted by molar-refractivity contribution is -0.138. The van der Waals surface area contributed by atoms with Crippen molar-refractivity contribution < 1.29 is 22.7 Å². The summed E-state index contributed by atoms with van der Waals surface area (Å²) in [6.45, 7) is 8.58. The summed E-state index contributed by atoms with van der Waals surface area (Å²) in [6, 6.07) is 5.41. The molecule has 5 nitrogen and oxygen atoms in total. The molecule has 8 heteroatoms. The highest BCUT2D eigenvalue weighted by Crippen LogP contribution is 2.32. The first-order valence-corrected chi connectivity index (χ1v) is 11.5. The predicted molar refractivity (Wildman–Crippen MR) is 118 cm³/mol. The molecule has 0 aromatic heterocycles. The van der Waals surface area contributed by atoms with Crippen LogP contribution in [0.4, 0.5) is 13.2 Å². The summed E-state index contributed by atoms with van der Waals surface area (Å²) < 4.78 is 44.8. The average molecular weight is 456 g/mol. The third-order valence-corrected chi connectivity index (χ3v) is 6.44. The molecule has 2 heterocycles. The number of ether oxygens (including phenoxy) is 1. The molecule has 0 aliphatic carbocycles. The van der Waals surface area contributed by atoms with Gasteiger partial charge in [-0.3, -0.25) is 4.79 Å². The minimum Gasteiger partial charge on any atom is -0.493 e. The first-order valence-electron chi connectivity index (χ1n) is 11.5. The van der Waals surface area contributed by atoms with Crippen LogP contribution in [0.2, 0.25) is 0 Å². The highest BCUT2D eigenvalue weighted by molar-refractivity contribution is 5.79. The molecule has 2 aliphatic rings. The number of benzene rings is 1. The maximum Gasteiger partial charge on any atom is 0.416 e. The molecule has 0 N–H and O–H groups in total. The van der Waals surface area contributed by atoms with Gasteiger partial charge in [0.15, 0.2) is 0 Å². The van der Waals surface area contributed by atoms with E-state index >= 15 is 0 Å². The molecule has 32 heavy (non-hydrogen) atoms. The van der Waals surface area contributed by atoms with Crippen molar-refractivity contribution in [3.63, 3.8) is 0 Å². The standard InChI is InChI=1S/C24H36F3N3O2/c1-17(2)12-29-13-18(16-32-22-7-5-6-20(11-22)24(25,26)27)10-19(14-29)23(31)30-9-8-21(15-30)28(3)4/h5-7,11,17-19,21H,8-10,12-16H2,1-4H3/t18-,19+,21?/m0/s1. The van der Waals surface area contributed by atoms with E-state index in [-0.39, 0.29) is 23.5 Å². The van der Waals surface area contributed by atoms with Gasteiger partial charge in [0, 0.05) is 44.7 Å². The lowest BCUT2D eigenvalue weighted by atomic mass is 9.88. The molecule has 1 unspecified atom stereocenters. The molecule has 3 rings (SSSR count). The number of carbonyl (C=O) groups excluding carboxylic acids is 1. The first-order chi connectivity index (χ1) is 15.0. The van der Waals surface area contributed by atoms with Gasteiger partial charge in [-0.2, -0.15) is 13.2 Å². The van der Waals surface area contributed by atoms with Crippen molar-refractivity contribution in [2.45, 2.75) is 38.9 Å². The highest BCUT2D eigenvalue weighted by Gasteiger charge is 2.37. The van der Waals surface area contributed by atoms with E-state index in [1.165, 1.54) is 6.07 Å². The fourth-order valence-corrected chi connectivity index (χ4v) is 4.87. The smallest absolute Gasteiger partial charge is 0.416 e. The van der Waals surface area contributed by atoms with Gasteiger partial charge in [-0.15, -0.1) is 0 Å². The maximum absolute atomic E-state index is 13.3. The number of hydrogen-bond donors (Lipinski definition) is 0. The number of alkyl halides is 3. The largest absolute Gasteiger partial charge is 0.493 e. The Kier molecular flexibility index (Phi) is 8.09. The molecule has 0 bridgehead atoms. The molecule has 1 aromatic rings. The van der Waals surface area contributed by atoms with Crippen LogP contribution in [0.1, 0.15) is 32.3 Å². The number of amides is 1. The Hall–Kier alpha value is -1.80. The van der Waals surface area contributed by atoms with E-state index in [1.807, 2.05) is 19.0 Å². The molecule has 2 fully saturated rings. The Morgan fingerprint density at radius 2 is 1.97 bits per heavy atom. The number of carbonyl (C=O) groups is 1. The number of likely N-dealkylation sites (tertiary alicyclic amines) is 2. The minimum atomic E-state index is -4.39. The fraction of sp³-hybridized carbons (Fsp3) is 0.708. The number of halogens is 3. The quantitative estimate of drug-likeness (QED) is 0.626. The zero-order chi connectivity index (χ0) is 23.5. The Bertz CT molecular complexity index is 769. The van der Waals surface area contributed by atoms with E-state index in [0.29, 0.717) is 25.0 Å². The van der Waals surface area contributed by atoms with E-state index in [0.717, 1.165) is 51.3 Å². The van der Waals surface area contributed by atoms with Crippen molar-refractivity contribution in [3.8, 4) is 5.75 Å². The molecule has 180 valence electrons. The van der Waals surface area contributed by atoms with Crippen molar-refractivity contribution in [1.82, 2.24) is 14.7 Å². The summed E-state index contributed by atoms with van der Waals surface area (Å²) in [5, 5.41) is 0. The maximum atomic E-state index is 13.3. The second-order valence-corrected chi connectivity index (χ2v) is 9.94. The number of likely N-dealkylation sites (N-methyl/N-ethyl adjacent to an activating group) is 1. The van der Waals surface area contributed by atoms with Crippen LogP contribution >= 0.6 is 0 Å². The Labute approximate surface area is 189 Å². The predicted octanol–water partition coefficient (Wildman–Crippen LogP) is 3.84. The van der Waals surface area contributed by atoms with Crippen LogP contribution in [0.15, 0.2) is 24.3 Å². The van der Waals surface area contributed by atoms with Crippen LogP contribution in [0, 0.1) is 17.8 Å². The van der Waals surface area contributed by atoms with Crippen molar-refractivity contribution in [1.29, 1.82) is 0 Å². The van der Waals surface area contributed by atoms with Crippen molar-refractivity contribution in [3.05, 3.63) is 29.8 Å². The van der Waals surface area contributed by atoms with Gasteiger partial charge in [0.05, 0.1) is 18.1 Å². The SMILES string of the molecule is CC(C)CN1C[C@@H](COc2cccc(C(F)(F)F)c2)C[C@@H](C(=O)N2CCC(N(C)C)C2)C1. The molecule has 3 atom stereocenters. The van der Waals surface area contributed by atoms with Crippen LogP contribution in [0.25, 0.3) is 0 Å². The molecule has 0 radical (unpaired) electrons. The van der Waals surface area contributed by atoms with E-state index in [9.17, 15) is 18.0 Å². The summed E-state index contributed by atoms with van der Waals surface area (Å²) in [4.78, 5) is 19.8. The molecule has 0 spiro atoms. The summed E-state index contributed by atoms with van der Waals surface area (Å²) in [5.74, 6) is 0.888. The third-order valence-electron chi connectivity index (χ3n) is 6.44. The van der Waals surface area contributed by atoms with E-state index in [2.05, 4.69) is 23.6 Å². The summed E-state index contributed by atoms with van der Waals surface area (Å²) in [7, 11) is 4.09. The normalized spacial score (nSPS) is 25.0. The lowest BCUT2D eigenvalue weighted by Crippen LogP contribution is -2.49. The van der Waals surface area contributed by atoms with E-state index in [4.69, 9.17) is 4.74 Å². The van der Waals surface area contributed by atoms with Gasteiger partial charge in [-0.25, -0.2) is 0 Å². The van der Waals surface area contributed by atoms with Crippen LogP contribution in [0.3, 0.4) is 0 Å². The van der Waals surface area contributed by atoms with Crippen LogP contribution in [0.5, 0.6) is 5.75 Å². The fourth-order valence-electron chi connectivity index (χ4n) is 4.87. The zero-order valence-corrected chi connectivity index (χ0v) is 19.6. The molecule has 1 amide bonds. The Morgan fingerprint density at radius 1 is 1.22 bits per heavy atom. The van der Waals surface area contributed by atoms with Crippen molar-refractivity contribution in [2.75, 3.05) is 53.4 Å². The van der Waals surface area contributed by atoms with Gasteiger partial charge in [-0.1, -0.05) is 19.9 Å². The summed E-state index contributed by atoms with van der Waals surface area (Å²) in [5.41, 5.74) is -0.711. The van der Waals surface area contributed by atoms with Gasteiger partial charge in [0.25, 0.3) is 0 Å².